The number of fused-ring (bicyclic) bond motifs is 1. The molecule has 4 N–H and O–H groups in total. The first-order valence-electron chi connectivity index (χ1n) is 13.4. The van der Waals surface area contributed by atoms with Crippen molar-refractivity contribution in [3.05, 3.63) is 29.3 Å². The summed E-state index contributed by atoms with van der Waals surface area (Å²) in [6, 6.07) is 4.27. The Morgan fingerprint density at radius 2 is 1.80 bits per heavy atom. The zero-order valence-electron chi connectivity index (χ0n) is 23.3. The third-order valence-electron chi connectivity index (χ3n) is 6.21. The van der Waals surface area contributed by atoms with E-state index in [1.165, 1.54) is 9.80 Å². The Kier molecular flexibility index (Phi) is 11.0. The summed E-state index contributed by atoms with van der Waals surface area (Å²) in [5.41, 5.74) is 6.47. The molecule has 0 aliphatic carbocycles. The Morgan fingerprint density at radius 3 is 2.45 bits per heavy atom. The van der Waals surface area contributed by atoms with Crippen LogP contribution in [0.3, 0.4) is 0 Å². The predicted octanol–water partition coefficient (Wildman–Crippen LogP) is 1.01. The van der Waals surface area contributed by atoms with Gasteiger partial charge in [-0.2, -0.15) is 0 Å². The quantitative estimate of drug-likeness (QED) is 0.235. The average Bonchev–Trinajstić information content (AvgIpc) is 3.19. The van der Waals surface area contributed by atoms with Crippen molar-refractivity contribution in [1.29, 1.82) is 0 Å². The van der Waals surface area contributed by atoms with Gasteiger partial charge in [0.15, 0.2) is 0 Å². The summed E-state index contributed by atoms with van der Waals surface area (Å²) in [6.07, 6.45) is 0.0783. The van der Waals surface area contributed by atoms with Gasteiger partial charge in [0, 0.05) is 43.9 Å². The van der Waals surface area contributed by atoms with E-state index in [9.17, 15) is 24.0 Å². The van der Waals surface area contributed by atoms with Gasteiger partial charge in [-0.1, -0.05) is 0 Å². The summed E-state index contributed by atoms with van der Waals surface area (Å²) in [6.45, 7) is 7.63. The Bertz CT molecular complexity index is 1100. The van der Waals surface area contributed by atoms with E-state index in [0.717, 1.165) is 0 Å². The number of carbonyl (C=O) groups is 5. The maximum Gasteiger partial charge on any atom is 0.410 e. The Morgan fingerprint density at radius 1 is 1.10 bits per heavy atom. The molecule has 40 heavy (non-hydrogen) atoms. The molecule has 1 atom stereocenters. The lowest BCUT2D eigenvalue weighted by molar-refractivity contribution is -0.137. The molecule has 220 valence electrons. The fourth-order valence-electron chi connectivity index (χ4n) is 4.30. The van der Waals surface area contributed by atoms with Crippen LogP contribution in [0, 0.1) is 0 Å². The van der Waals surface area contributed by atoms with Gasteiger partial charge in [-0.05, 0) is 51.0 Å². The lowest BCUT2D eigenvalue weighted by atomic mass is 10.0. The second kappa shape index (κ2) is 14.2. The molecule has 3 rings (SSSR count). The number of rotatable bonds is 13. The molecule has 2 heterocycles. The van der Waals surface area contributed by atoms with E-state index in [0.29, 0.717) is 43.1 Å². The highest BCUT2D eigenvalue weighted by Gasteiger charge is 2.39. The molecule has 2 aliphatic heterocycles. The number of piperidine rings is 1. The van der Waals surface area contributed by atoms with Gasteiger partial charge in [-0.25, -0.2) is 4.79 Å². The van der Waals surface area contributed by atoms with Crippen molar-refractivity contribution in [1.82, 2.24) is 15.1 Å². The van der Waals surface area contributed by atoms with Crippen LogP contribution >= 0.6 is 0 Å². The number of nitrogens with zero attached hydrogens (tertiary/aromatic N) is 2. The predicted molar refractivity (Wildman–Crippen MR) is 144 cm³/mol. The summed E-state index contributed by atoms with van der Waals surface area (Å²) >= 11 is 0. The first kappa shape index (κ1) is 31.0. The third-order valence-corrected chi connectivity index (χ3v) is 6.21. The molecule has 0 spiro atoms. The third kappa shape index (κ3) is 9.00. The van der Waals surface area contributed by atoms with Crippen molar-refractivity contribution in [3.8, 4) is 0 Å². The Balaban J connectivity index is 1.43. The molecule has 13 nitrogen and oxygen atoms in total. The molecule has 0 aromatic heterocycles. The highest BCUT2D eigenvalue weighted by Crippen LogP contribution is 2.29. The van der Waals surface area contributed by atoms with E-state index in [2.05, 4.69) is 10.6 Å². The Labute approximate surface area is 233 Å². The highest BCUT2D eigenvalue weighted by atomic mass is 16.6. The number of nitrogens with two attached hydrogens (primary N) is 1. The van der Waals surface area contributed by atoms with Gasteiger partial charge < -0.3 is 35.1 Å². The van der Waals surface area contributed by atoms with Gasteiger partial charge in [-0.3, -0.25) is 24.5 Å². The highest BCUT2D eigenvalue weighted by molar-refractivity contribution is 6.05. The van der Waals surface area contributed by atoms with Gasteiger partial charge in [-0.15, -0.1) is 0 Å². The molecule has 1 unspecified atom stereocenters. The minimum atomic E-state index is -0.697. The molecule has 1 fully saturated rings. The number of amides is 5. The smallest absolute Gasteiger partial charge is 0.410 e. The fourth-order valence-corrected chi connectivity index (χ4v) is 4.30. The number of anilines is 1. The molecule has 0 saturated carbocycles. The number of ether oxygens (including phenoxy) is 3. The summed E-state index contributed by atoms with van der Waals surface area (Å²) in [5, 5.41) is 5.07. The number of carbonyl (C=O) groups excluding carboxylic acids is 5. The van der Waals surface area contributed by atoms with Crippen molar-refractivity contribution in [2.45, 2.75) is 58.2 Å². The molecular weight excluding hydrogens is 522 g/mol. The largest absolute Gasteiger partial charge is 0.444 e. The number of imide groups is 1. The minimum Gasteiger partial charge on any atom is -0.444 e. The first-order chi connectivity index (χ1) is 19.0. The molecule has 2 aliphatic rings. The second-order valence-corrected chi connectivity index (χ2v) is 10.6. The van der Waals surface area contributed by atoms with E-state index in [-0.39, 0.29) is 63.3 Å². The van der Waals surface area contributed by atoms with Crippen molar-refractivity contribution in [2.24, 2.45) is 5.73 Å². The van der Waals surface area contributed by atoms with Crippen molar-refractivity contribution in [3.63, 3.8) is 0 Å². The maximum absolute atomic E-state index is 12.8. The van der Waals surface area contributed by atoms with Gasteiger partial charge in [0.05, 0.1) is 32.8 Å². The van der Waals surface area contributed by atoms with Crippen LogP contribution in [0.5, 0.6) is 0 Å². The van der Waals surface area contributed by atoms with Crippen LogP contribution in [0.2, 0.25) is 0 Å². The first-order valence-corrected chi connectivity index (χ1v) is 13.4. The van der Waals surface area contributed by atoms with Crippen molar-refractivity contribution < 1.29 is 38.2 Å². The minimum absolute atomic E-state index is 0.0878. The monoisotopic (exact) mass is 561 g/mol. The molecule has 0 bridgehead atoms. The summed E-state index contributed by atoms with van der Waals surface area (Å²) in [4.78, 5) is 64.4. The number of benzene rings is 1. The molecule has 1 aromatic carbocycles. The van der Waals surface area contributed by atoms with Gasteiger partial charge in [0.1, 0.15) is 11.6 Å². The fraction of sp³-hybridized carbons (Fsp3) is 0.593. The number of hydrogen-bond donors (Lipinski definition) is 3. The van der Waals surface area contributed by atoms with Crippen molar-refractivity contribution in [2.75, 3.05) is 51.4 Å². The van der Waals surface area contributed by atoms with Crippen LogP contribution in [0.4, 0.5) is 10.5 Å². The molecule has 1 aromatic rings. The Hall–Kier alpha value is -3.55. The van der Waals surface area contributed by atoms with Crippen LogP contribution < -0.4 is 16.4 Å². The van der Waals surface area contributed by atoms with Crippen LogP contribution in [-0.4, -0.2) is 97.2 Å². The number of hydrogen-bond acceptors (Lipinski definition) is 9. The average molecular weight is 562 g/mol. The lowest BCUT2D eigenvalue weighted by Crippen LogP contribution is -2.52. The normalized spacial score (nSPS) is 16.9. The molecule has 0 radical (unpaired) electrons. The zero-order valence-corrected chi connectivity index (χ0v) is 23.3. The topological polar surface area (TPSA) is 170 Å². The molecule has 13 heteroatoms. The van der Waals surface area contributed by atoms with Crippen LogP contribution in [0.15, 0.2) is 18.2 Å². The summed E-state index contributed by atoms with van der Waals surface area (Å²) in [7, 11) is 0. The molecular formula is C27H39N5O8. The second-order valence-electron chi connectivity index (χ2n) is 10.6. The molecule has 5 amide bonds. The van der Waals surface area contributed by atoms with Crippen LogP contribution in [-0.2, 0) is 35.1 Å². The summed E-state index contributed by atoms with van der Waals surface area (Å²) < 4.78 is 16.4. The SMILES string of the molecule is CC(C)(C)OC(=O)N(CCOCCN)CCOCCC(=O)Nc1ccc2c(c1)CN(C1CCC(=O)NC1=O)C2=O. The van der Waals surface area contributed by atoms with E-state index in [1.807, 2.05) is 0 Å². The van der Waals surface area contributed by atoms with E-state index in [4.69, 9.17) is 19.9 Å². The van der Waals surface area contributed by atoms with Crippen molar-refractivity contribution >= 4 is 35.4 Å². The van der Waals surface area contributed by atoms with E-state index < -0.39 is 23.6 Å². The number of nitrogens with one attached hydrogen (secondary N) is 2. The maximum atomic E-state index is 12.8. The molecule has 1 saturated heterocycles. The lowest BCUT2D eigenvalue weighted by Gasteiger charge is -2.29. The summed E-state index contributed by atoms with van der Waals surface area (Å²) in [5.74, 6) is -1.36. The van der Waals surface area contributed by atoms with Crippen LogP contribution in [0.1, 0.15) is 56.0 Å². The standard InChI is InChI=1S/C27H39N5O8/c1-27(2,3)40-26(37)31(11-15-39-13-9-28)10-14-38-12-8-23(34)29-19-4-5-20-18(16-19)17-32(25(20)36)21-6-7-22(33)30-24(21)35/h4-5,16,21H,6-15,17,28H2,1-3H3,(H,29,34)(H,30,33,35). The van der Waals surface area contributed by atoms with Crippen LogP contribution in [0.25, 0.3) is 0 Å². The van der Waals surface area contributed by atoms with E-state index in [1.54, 1.807) is 39.0 Å². The zero-order chi connectivity index (χ0) is 29.3. The van der Waals surface area contributed by atoms with Gasteiger partial charge in [0.2, 0.25) is 17.7 Å². The van der Waals surface area contributed by atoms with Gasteiger partial charge in [0.25, 0.3) is 5.91 Å². The van der Waals surface area contributed by atoms with E-state index >= 15 is 0 Å². The van der Waals surface area contributed by atoms with Gasteiger partial charge >= 0.3 is 6.09 Å².